The monoisotopic (exact) mass is 312 g/mol. The molecule has 1 aromatic carbocycles. The van der Waals surface area contributed by atoms with E-state index in [0.717, 1.165) is 31.1 Å². The van der Waals surface area contributed by atoms with Crippen LogP contribution in [0.1, 0.15) is 56.1 Å². The predicted molar refractivity (Wildman–Crippen MR) is 84.1 cm³/mol. The first-order valence-electron chi connectivity index (χ1n) is 9.43. The maximum atomic E-state index is 6.84. The van der Waals surface area contributed by atoms with Gasteiger partial charge in [-0.15, -0.1) is 0 Å². The van der Waals surface area contributed by atoms with Gasteiger partial charge >= 0.3 is 0 Å². The molecule has 1 saturated heterocycles. The minimum absolute atomic E-state index is 0.460. The van der Waals surface area contributed by atoms with Gasteiger partial charge in [-0.3, -0.25) is 0 Å². The van der Waals surface area contributed by atoms with Crippen molar-refractivity contribution in [2.24, 2.45) is 23.7 Å². The first kappa shape index (κ1) is 13.4. The van der Waals surface area contributed by atoms with Crippen molar-refractivity contribution >= 4 is 0 Å². The summed E-state index contributed by atoms with van der Waals surface area (Å²) in [5.74, 6) is 1.78. The molecule has 1 unspecified atom stereocenters. The summed E-state index contributed by atoms with van der Waals surface area (Å²) in [5, 5.41) is 0. The first-order chi connectivity index (χ1) is 11.3. The van der Waals surface area contributed by atoms with E-state index < -0.39 is 11.6 Å². The summed E-state index contributed by atoms with van der Waals surface area (Å²) in [4.78, 5) is 12.2. The molecule has 0 aromatic heterocycles. The minimum atomic E-state index is -0.649. The topological polar surface area (TPSA) is 27.7 Å². The average molecular weight is 312 g/mol. The summed E-state index contributed by atoms with van der Waals surface area (Å²) in [7, 11) is 0. The van der Waals surface area contributed by atoms with Crippen molar-refractivity contribution in [3.05, 3.63) is 35.4 Å². The van der Waals surface area contributed by atoms with Gasteiger partial charge in [0.1, 0.15) is 0 Å². The second-order valence-corrected chi connectivity index (χ2v) is 8.56. The lowest BCUT2D eigenvalue weighted by Gasteiger charge is -2.57. The van der Waals surface area contributed by atoms with Gasteiger partial charge < -0.3 is 4.74 Å². The van der Waals surface area contributed by atoms with Crippen molar-refractivity contribution < 1.29 is 14.5 Å². The van der Waals surface area contributed by atoms with Crippen LogP contribution in [0.3, 0.4) is 0 Å². The van der Waals surface area contributed by atoms with Crippen LogP contribution in [0.2, 0.25) is 0 Å². The van der Waals surface area contributed by atoms with Gasteiger partial charge in [0.15, 0.2) is 0 Å². The molecule has 1 aromatic rings. The molecule has 5 fully saturated rings. The van der Waals surface area contributed by atoms with E-state index in [0.29, 0.717) is 11.8 Å². The van der Waals surface area contributed by atoms with Crippen LogP contribution in [0.25, 0.3) is 0 Å². The zero-order valence-electron chi connectivity index (χ0n) is 13.5. The normalized spacial score (nSPS) is 49.9. The Bertz CT molecular complexity index is 626. The van der Waals surface area contributed by atoms with Crippen LogP contribution in [0.4, 0.5) is 0 Å². The van der Waals surface area contributed by atoms with E-state index in [9.17, 15) is 0 Å². The number of hydrogen-bond donors (Lipinski definition) is 0. The van der Waals surface area contributed by atoms with Gasteiger partial charge in [0, 0.05) is 23.8 Å². The molecule has 0 radical (unpaired) electrons. The molecule has 0 N–H and O–H groups in total. The Hall–Kier alpha value is -0.900. The summed E-state index contributed by atoms with van der Waals surface area (Å²) in [6, 6.07) is 8.60. The quantitative estimate of drug-likeness (QED) is 0.668. The number of ether oxygens (including phenoxy) is 1. The number of rotatable bonds is 0. The minimum Gasteiger partial charge on any atom is -0.308 e. The Morgan fingerprint density at radius 1 is 0.870 bits per heavy atom. The molecule has 5 aliphatic carbocycles. The third kappa shape index (κ3) is 1.66. The molecule has 3 heteroatoms. The molecule has 1 aliphatic heterocycles. The molecule has 1 heterocycles. The molecule has 4 saturated carbocycles. The Kier molecular flexibility index (Phi) is 2.55. The zero-order chi connectivity index (χ0) is 15.1. The molecule has 1 atom stereocenters. The first-order valence-corrected chi connectivity index (χ1v) is 9.43. The second kappa shape index (κ2) is 4.38. The van der Waals surface area contributed by atoms with Gasteiger partial charge in [-0.2, -0.15) is 9.78 Å². The van der Waals surface area contributed by atoms with Crippen LogP contribution in [0.5, 0.6) is 0 Å². The zero-order valence-corrected chi connectivity index (χ0v) is 13.5. The maximum absolute atomic E-state index is 6.84. The van der Waals surface area contributed by atoms with E-state index in [4.69, 9.17) is 14.5 Å². The second-order valence-electron chi connectivity index (χ2n) is 8.56. The number of aryl methyl sites for hydroxylation is 1. The van der Waals surface area contributed by atoms with Crippen molar-refractivity contribution in [3.63, 3.8) is 0 Å². The van der Waals surface area contributed by atoms with Crippen molar-refractivity contribution in [3.8, 4) is 0 Å². The van der Waals surface area contributed by atoms with Crippen LogP contribution in [0, 0.1) is 23.7 Å². The lowest BCUT2D eigenvalue weighted by Crippen LogP contribution is -2.59. The molecule has 4 bridgehead atoms. The molecular formula is C20H24O3. The van der Waals surface area contributed by atoms with Crippen molar-refractivity contribution in [2.75, 3.05) is 0 Å². The standard InChI is InChI=1S/C20H24O3/c1-2-6-18-15(4-1)5-3-7-19(18)21-20(23-22-19)16-9-13-8-14(11-16)12-17(20)10-13/h1-2,4,6,13-14,16-17H,3,5,7-12H2. The van der Waals surface area contributed by atoms with E-state index in [-0.39, 0.29) is 0 Å². The van der Waals surface area contributed by atoms with Crippen LogP contribution in [-0.4, -0.2) is 5.79 Å². The smallest absolute Gasteiger partial charge is 0.230 e. The summed E-state index contributed by atoms with van der Waals surface area (Å²) < 4.78 is 6.84. The molecular weight excluding hydrogens is 288 g/mol. The van der Waals surface area contributed by atoms with E-state index in [2.05, 4.69) is 24.3 Å². The highest BCUT2D eigenvalue weighted by molar-refractivity contribution is 5.34. The maximum Gasteiger partial charge on any atom is 0.230 e. The summed E-state index contributed by atoms with van der Waals surface area (Å²) in [6.45, 7) is 0. The average Bonchev–Trinajstić information content (AvgIpc) is 2.94. The summed E-state index contributed by atoms with van der Waals surface area (Å²) in [6.07, 6.45) is 9.67. The van der Waals surface area contributed by atoms with Gasteiger partial charge in [0.2, 0.25) is 11.6 Å². The lowest BCUT2D eigenvalue weighted by atomic mass is 9.53. The van der Waals surface area contributed by atoms with E-state index in [1.165, 1.54) is 43.2 Å². The molecule has 3 nitrogen and oxygen atoms in total. The number of hydrogen-bond acceptors (Lipinski definition) is 3. The molecule has 23 heavy (non-hydrogen) atoms. The SMILES string of the molecule is c1ccc2c(c1)CCCC21OOC2(O1)C1CC3CC(C1)CC2C3. The van der Waals surface area contributed by atoms with Crippen LogP contribution >= 0.6 is 0 Å². The van der Waals surface area contributed by atoms with Gasteiger partial charge in [-0.1, -0.05) is 24.3 Å². The summed E-state index contributed by atoms with van der Waals surface area (Å²) in [5.41, 5.74) is 2.57. The largest absolute Gasteiger partial charge is 0.308 e. The highest BCUT2D eigenvalue weighted by Crippen LogP contribution is 2.64. The van der Waals surface area contributed by atoms with Gasteiger partial charge in [-0.05, 0) is 62.3 Å². The lowest BCUT2D eigenvalue weighted by molar-refractivity contribution is -0.390. The fourth-order valence-electron chi connectivity index (χ4n) is 6.52. The Labute approximate surface area is 137 Å². The highest BCUT2D eigenvalue weighted by Gasteiger charge is 2.67. The fourth-order valence-corrected chi connectivity index (χ4v) is 6.52. The van der Waals surface area contributed by atoms with Crippen molar-refractivity contribution in [1.29, 1.82) is 0 Å². The van der Waals surface area contributed by atoms with Gasteiger partial charge in [-0.25, -0.2) is 0 Å². The number of fused-ring (bicyclic) bond motifs is 2. The van der Waals surface area contributed by atoms with E-state index >= 15 is 0 Å². The highest BCUT2D eigenvalue weighted by atomic mass is 17.3. The third-order valence-electron chi connectivity index (χ3n) is 7.29. The Morgan fingerprint density at radius 2 is 1.61 bits per heavy atom. The molecule has 0 amide bonds. The molecule has 122 valence electrons. The predicted octanol–water partition coefficient (Wildman–Crippen LogP) is 4.31. The van der Waals surface area contributed by atoms with Crippen molar-refractivity contribution in [1.82, 2.24) is 0 Å². The van der Waals surface area contributed by atoms with E-state index in [1.807, 2.05) is 0 Å². The fraction of sp³-hybridized carbons (Fsp3) is 0.700. The van der Waals surface area contributed by atoms with Crippen LogP contribution in [0.15, 0.2) is 24.3 Å². The van der Waals surface area contributed by atoms with Gasteiger partial charge in [0.05, 0.1) is 0 Å². The molecule has 2 spiro atoms. The Morgan fingerprint density at radius 3 is 2.39 bits per heavy atom. The van der Waals surface area contributed by atoms with Crippen LogP contribution in [-0.2, 0) is 26.7 Å². The molecule has 7 rings (SSSR count). The van der Waals surface area contributed by atoms with E-state index in [1.54, 1.807) is 0 Å². The third-order valence-corrected chi connectivity index (χ3v) is 7.29. The van der Waals surface area contributed by atoms with Crippen molar-refractivity contribution in [2.45, 2.75) is 62.9 Å². The van der Waals surface area contributed by atoms with Crippen LogP contribution < -0.4 is 0 Å². The van der Waals surface area contributed by atoms with Gasteiger partial charge in [0.25, 0.3) is 0 Å². The summed E-state index contributed by atoms with van der Waals surface area (Å²) >= 11 is 0. The Balaban J connectivity index is 1.41. The number of benzene rings is 1. The molecule has 6 aliphatic rings.